The van der Waals surface area contributed by atoms with Gasteiger partial charge in [0.15, 0.2) is 11.3 Å². The van der Waals surface area contributed by atoms with Crippen LogP contribution in [0.3, 0.4) is 0 Å². The minimum Gasteiger partial charge on any atom is -0.505 e. The van der Waals surface area contributed by atoms with Crippen molar-refractivity contribution in [2.24, 2.45) is 0 Å². The lowest BCUT2D eigenvalue weighted by Gasteiger charge is -2.13. The molecule has 0 unspecified atom stereocenters. The van der Waals surface area contributed by atoms with Gasteiger partial charge in [-0.15, -0.1) is 0 Å². The fourth-order valence-corrected chi connectivity index (χ4v) is 4.40. The van der Waals surface area contributed by atoms with Crippen LogP contribution in [0.4, 0.5) is 0 Å². The fraction of sp³-hybridized carbons (Fsp3) is 0.143. The summed E-state index contributed by atoms with van der Waals surface area (Å²) in [4.78, 5) is 26.4. The van der Waals surface area contributed by atoms with E-state index in [9.17, 15) is 14.7 Å². The van der Waals surface area contributed by atoms with Gasteiger partial charge >= 0.3 is 5.63 Å². The number of hydrogen-bond donors (Lipinski definition) is 1. The number of rotatable bonds is 4. The van der Waals surface area contributed by atoms with Crippen molar-refractivity contribution in [2.45, 2.75) is 23.3 Å². The molecular weight excluding hydrogens is 414 g/mol. The molecular formula is C21H16ClNO5S. The van der Waals surface area contributed by atoms with Crippen molar-refractivity contribution in [3.63, 3.8) is 0 Å². The molecule has 0 aliphatic rings. The van der Waals surface area contributed by atoms with Crippen molar-refractivity contribution < 1.29 is 14.3 Å². The summed E-state index contributed by atoms with van der Waals surface area (Å²) in [7, 11) is 1.52. The topological polar surface area (TPSA) is 81.7 Å². The normalized spacial score (nSPS) is 11.3. The molecule has 8 heteroatoms. The van der Waals surface area contributed by atoms with Crippen LogP contribution in [0.2, 0.25) is 5.02 Å². The third-order valence-electron chi connectivity index (χ3n) is 4.59. The van der Waals surface area contributed by atoms with E-state index in [-0.39, 0.29) is 15.9 Å². The van der Waals surface area contributed by atoms with Crippen LogP contribution in [0.25, 0.3) is 21.9 Å². The molecule has 0 amide bonds. The molecule has 0 bridgehead atoms. The molecule has 2 aromatic carbocycles. The molecule has 0 saturated carbocycles. The highest BCUT2D eigenvalue weighted by Gasteiger charge is 2.22. The first-order chi connectivity index (χ1) is 13.9. The summed E-state index contributed by atoms with van der Waals surface area (Å²) in [6.07, 6.45) is 0. The first-order valence-electron chi connectivity index (χ1n) is 8.78. The van der Waals surface area contributed by atoms with Gasteiger partial charge in [0.05, 0.1) is 12.6 Å². The smallest absolute Gasteiger partial charge is 0.354 e. The van der Waals surface area contributed by atoms with E-state index in [1.165, 1.54) is 11.7 Å². The highest BCUT2D eigenvalue weighted by molar-refractivity contribution is 7.99. The van der Waals surface area contributed by atoms with Crippen molar-refractivity contribution >= 4 is 45.2 Å². The van der Waals surface area contributed by atoms with Gasteiger partial charge in [-0.3, -0.25) is 4.79 Å². The van der Waals surface area contributed by atoms with Gasteiger partial charge in [-0.05, 0) is 43.3 Å². The van der Waals surface area contributed by atoms with Gasteiger partial charge in [-0.25, -0.2) is 4.79 Å². The summed E-state index contributed by atoms with van der Waals surface area (Å²) >= 11 is 6.99. The van der Waals surface area contributed by atoms with E-state index in [0.29, 0.717) is 33.1 Å². The molecule has 2 heterocycles. The minimum absolute atomic E-state index is 0.0338. The Morgan fingerprint density at radius 1 is 1.21 bits per heavy atom. The molecule has 0 aliphatic carbocycles. The Kier molecular flexibility index (Phi) is 5.02. The maximum Gasteiger partial charge on any atom is 0.354 e. The van der Waals surface area contributed by atoms with Crippen molar-refractivity contribution in [3.05, 3.63) is 68.3 Å². The van der Waals surface area contributed by atoms with E-state index in [1.54, 1.807) is 42.5 Å². The van der Waals surface area contributed by atoms with Crippen LogP contribution in [0.5, 0.6) is 11.5 Å². The second kappa shape index (κ2) is 7.50. The van der Waals surface area contributed by atoms with Gasteiger partial charge in [0.1, 0.15) is 16.0 Å². The van der Waals surface area contributed by atoms with Gasteiger partial charge < -0.3 is 18.8 Å². The van der Waals surface area contributed by atoms with Crippen LogP contribution in [-0.2, 0) is 6.54 Å². The van der Waals surface area contributed by atoms with Crippen molar-refractivity contribution in [1.82, 2.24) is 4.57 Å². The number of fused-ring (bicyclic) bond motifs is 3. The lowest BCUT2D eigenvalue weighted by atomic mass is 10.1. The zero-order valence-corrected chi connectivity index (χ0v) is 17.1. The molecule has 0 spiro atoms. The highest BCUT2D eigenvalue weighted by Crippen LogP contribution is 2.38. The van der Waals surface area contributed by atoms with E-state index < -0.39 is 16.9 Å². The minimum atomic E-state index is -0.738. The third-order valence-corrected chi connectivity index (χ3v) is 5.88. The number of nitrogens with zero attached hydrogens (tertiary/aromatic N) is 1. The molecule has 148 valence electrons. The molecule has 6 nitrogen and oxygen atoms in total. The average molecular weight is 430 g/mol. The van der Waals surface area contributed by atoms with E-state index in [1.807, 2.05) is 6.92 Å². The summed E-state index contributed by atoms with van der Waals surface area (Å²) < 4.78 is 12.3. The maximum atomic E-state index is 13.1. The Bertz CT molecular complexity index is 1380. The quantitative estimate of drug-likeness (QED) is 0.476. The van der Waals surface area contributed by atoms with Crippen LogP contribution in [0, 0.1) is 0 Å². The van der Waals surface area contributed by atoms with Gasteiger partial charge in [-0.2, -0.15) is 0 Å². The largest absolute Gasteiger partial charge is 0.505 e. The number of ether oxygens (including phenoxy) is 1. The lowest BCUT2D eigenvalue weighted by Crippen LogP contribution is -2.21. The van der Waals surface area contributed by atoms with Crippen molar-refractivity contribution in [1.29, 1.82) is 0 Å². The van der Waals surface area contributed by atoms with E-state index in [4.69, 9.17) is 20.8 Å². The van der Waals surface area contributed by atoms with Crippen LogP contribution in [-0.4, -0.2) is 16.8 Å². The number of halogens is 1. The molecule has 0 saturated heterocycles. The summed E-state index contributed by atoms with van der Waals surface area (Å²) in [5.41, 5.74) is -0.553. The number of hydrogen-bond acceptors (Lipinski definition) is 6. The number of benzene rings is 2. The predicted molar refractivity (Wildman–Crippen MR) is 114 cm³/mol. The number of aryl methyl sites for hydroxylation is 1. The zero-order chi connectivity index (χ0) is 20.7. The molecule has 0 radical (unpaired) electrons. The Balaban J connectivity index is 2.08. The zero-order valence-electron chi connectivity index (χ0n) is 15.6. The Morgan fingerprint density at radius 2 is 2.00 bits per heavy atom. The van der Waals surface area contributed by atoms with Crippen molar-refractivity contribution in [3.8, 4) is 11.5 Å². The molecule has 4 rings (SSSR count). The summed E-state index contributed by atoms with van der Waals surface area (Å²) in [6, 6.07) is 12.0. The van der Waals surface area contributed by atoms with Crippen LogP contribution in [0.15, 0.2) is 66.3 Å². The van der Waals surface area contributed by atoms with Gasteiger partial charge in [-0.1, -0.05) is 29.4 Å². The van der Waals surface area contributed by atoms with Crippen LogP contribution >= 0.6 is 23.4 Å². The second-order valence-corrected chi connectivity index (χ2v) is 7.78. The molecule has 0 fully saturated rings. The first kappa shape index (κ1) is 19.4. The van der Waals surface area contributed by atoms with Crippen LogP contribution < -0.4 is 15.9 Å². The summed E-state index contributed by atoms with van der Waals surface area (Å²) in [6.45, 7) is 2.21. The Morgan fingerprint density at radius 3 is 2.69 bits per heavy atom. The molecule has 4 aromatic rings. The van der Waals surface area contributed by atoms with E-state index in [0.717, 1.165) is 11.8 Å². The van der Waals surface area contributed by atoms with E-state index in [2.05, 4.69) is 0 Å². The summed E-state index contributed by atoms with van der Waals surface area (Å²) in [5.74, 6) is 0.137. The SMILES string of the molecule is CCn1c(=O)c2c(O)c(Sc3cccc(Cl)c3)c(=O)oc2c2cc(OC)ccc21. The number of aromatic nitrogens is 1. The molecule has 29 heavy (non-hydrogen) atoms. The number of pyridine rings is 1. The monoisotopic (exact) mass is 429 g/mol. The molecule has 1 N–H and O–H groups in total. The summed E-state index contributed by atoms with van der Waals surface area (Å²) in [5, 5.41) is 11.8. The third kappa shape index (κ3) is 3.26. The first-order valence-corrected chi connectivity index (χ1v) is 9.97. The number of aromatic hydroxyl groups is 1. The maximum absolute atomic E-state index is 13.1. The molecule has 0 atom stereocenters. The second-order valence-electron chi connectivity index (χ2n) is 6.26. The predicted octanol–water partition coefficient (Wildman–Crippen LogP) is 4.65. The van der Waals surface area contributed by atoms with Gasteiger partial charge in [0, 0.05) is 21.8 Å². The number of methoxy groups -OCH3 is 1. The Hall–Kier alpha value is -2.90. The van der Waals surface area contributed by atoms with E-state index >= 15 is 0 Å². The Labute approximate surface area is 174 Å². The van der Waals surface area contributed by atoms with Crippen molar-refractivity contribution in [2.75, 3.05) is 7.11 Å². The fourth-order valence-electron chi connectivity index (χ4n) is 3.25. The average Bonchev–Trinajstić information content (AvgIpc) is 2.71. The lowest BCUT2D eigenvalue weighted by molar-refractivity contribution is 0.415. The van der Waals surface area contributed by atoms with Crippen LogP contribution in [0.1, 0.15) is 6.92 Å². The molecule has 2 aromatic heterocycles. The molecule has 0 aliphatic heterocycles. The van der Waals surface area contributed by atoms with Gasteiger partial charge in [0.25, 0.3) is 5.56 Å². The standard InChI is InChI=1S/C21H16ClNO5S/c1-3-23-15-8-7-12(27-2)10-14(15)18-16(20(23)25)17(24)19(21(26)28-18)29-13-6-4-5-11(22)9-13/h4-10,24H,3H2,1-2H3. The highest BCUT2D eigenvalue weighted by atomic mass is 35.5. The van der Waals surface area contributed by atoms with Gasteiger partial charge in [0.2, 0.25) is 0 Å².